The number of ether oxygens (including phenoxy) is 1. The molecule has 0 aromatic heterocycles. The van der Waals surface area contributed by atoms with Crippen LogP contribution in [0.3, 0.4) is 0 Å². The summed E-state index contributed by atoms with van der Waals surface area (Å²) >= 11 is 0. The second-order valence-electron chi connectivity index (χ2n) is 5.46. The largest absolute Gasteiger partial charge is 0.396 e. The van der Waals surface area contributed by atoms with E-state index in [1.807, 2.05) is 0 Å². The van der Waals surface area contributed by atoms with Gasteiger partial charge in [-0.15, -0.1) is 0 Å². The van der Waals surface area contributed by atoms with E-state index in [9.17, 15) is 5.11 Å². The number of hydrogen-bond acceptors (Lipinski definition) is 3. The van der Waals surface area contributed by atoms with Crippen molar-refractivity contribution in [3.63, 3.8) is 0 Å². The Bertz CT molecular complexity index is 194. The first-order chi connectivity index (χ1) is 7.85. The molecule has 1 aliphatic carbocycles. The van der Waals surface area contributed by atoms with E-state index in [0.717, 1.165) is 39.3 Å². The molecule has 0 amide bonds. The molecule has 2 fully saturated rings. The highest BCUT2D eigenvalue weighted by molar-refractivity contribution is 4.85. The van der Waals surface area contributed by atoms with Crippen molar-refractivity contribution >= 4 is 0 Å². The fraction of sp³-hybridized carbons (Fsp3) is 1.00. The smallest absolute Gasteiger partial charge is 0.0593 e. The minimum atomic E-state index is 0.197. The van der Waals surface area contributed by atoms with Gasteiger partial charge in [0.05, 0.1) is 6.61 Å². The topological polar surface area (TPSA) is 32.7 Å². The van der Waals surface area contributed by atoms with Crippen molar-refractivity contribution in [2.75, 3.05) is 39.5 Å². The monoisotopic (exact) mass is 227 g/mol. The Morgan fingerprint density at radius 3 is 2.56 bits per heavy atom. The van der Waals surface area contributed by atoms with Gasteiger partial charge in [-0.1, -0.05) is 19.3 Å². The third-order valence-corrected chi connectivity index (χ3v) is 4.12. The van der Waals surface area contributed by atoms with E-state index >= 15 is 0 Å². The first kappa shape index (κ1) is 12.3. The molecule has 94 valence electrons. The van der Waals surface area contributed by atoms with Crippen LogP contribution in [-0.2, 0) is 4.74 Å². The van der Waals surface area contributed by atoms with E-state index in [4.69, 9.17) is 4.74 Å². The Morgan fingerprint density at radius 2 is 1.81 bits per heavy atom. The molecule has 0 bridgehead atoms. The van der Waals surface area contributed by atoms with E-state index in [-0.39, 0.29) is 5.41 Å². The molecule has 1 heterocycles. The zero-order chi connectivity index (χ0) is 11.3. The van der Waals surface area contributed by atoms with E-state index < -0.39 is 0 Å². The summed E-state index contributed by atoms with van der Waals surface area (Å²) in [4.78, 5) is 2.49. The predicted octanol–water partition coefficient (Wildman–Crippen LogP) is 1.65. The number of hydrogen-bond donors (Lipinski definition) is 1. The van der Waals surface area contributed by atoms with Gasteiger partial charge in [-0.3, -0.25) is 0 Å². The highest BCUT2D eigenvalue weighted by Gasteiger charge is 2.33. The van der Waals surface area contributed by atoms with Crippen LogP contribution in [-0.4, -0.2) is 49.5 Å². The van der Waals surface area contributed by atoms with Gasteiger partial charge in [0.25, 0.3) is 0 Å². The number of aliphatic hydroxyl groups excluding tert-OH is 1. The molecule has 0 unspecified atom stereocenters. The molecule has 1 saturated carbocycles. The maximum Gasteiger partial charge on any atom is 0.0593 e. The highest BCUT2D eigenvalue weighted by atomic mass is 16.5. The lowest BCUT2D eigenvalue weighted by atomic mass is 9.74. The molecule has 0 aromatic rings. The van der Waals surface area contributed by atoms with Crippen LogP contribution in [0.4, 0.5) is 0 Å². The van der Waals surface area contributed by atoms with Crippen molar-refractivity contribution in [1.82, 2.24) is 4.90 Å². The molecule has 1 saturated heterocycles. The summed E-state index contributed by atoms with van der Waals surface area (Å²) in [7, 11) is 0. The van der Waals surface area contributed by atoms with Gasteiger partial charge in [0, 0.05) is 38.3 Å². The van der Waals surface area contributed by atoms with Gasteiger partial charge < -0.3 is 14.7 Å². The minimum Gasteiger partial charge on any atom is -0.396 e. The molecule has 3 heteroatoms. The predicted molar refractivity (Wildman–Crippen MR) is 64.5 cm³/mol. The van der Waals surface area contributed by atoms with E-state index in [1.54, 1.807) is 0 Å². The maximum atomic E-state index is 9.68. The van der Waals surface area contributed by atoms with Crippen molar-refractivity contribution in [3.05, 3.63) is 0 Å². The SMILES string of the molecule is OCC1(CN2CCCOCC2)CCCCC1. The summed E-state index contributed by atoms with van der Waals surface area (Å²) < 4.78 is 5.48. The fourth-order valence-corrected chi connectivity index (χ4v) is 3.10. The number of rotatable bonds is 3. The Balaban J connectivity index is 1.88. The van der Waals surface area contributed by atoms with E-state index in [1.165, 1.54) is 32.1 Å². The maximum absolute atomic E-state index is 9.68. The summed E-state index contributed by atoms with van der Waals surface area (Å²) in [6.45, 7) is 5.39. The molecule has 2 aliphatic rings. The summed E-state index contributed by atoms with van der Waals surface area (Å²) in [5.41, 5.74) is 0.197. The molecule has 0 spiro atoms. The van der Waals surface area contributed by atoms with Gasteiger partial charge in [-0.2, -0.15) is 0 Å². The molecule has 2 rings (SSSR count). The first-order valence-corrected chi connectivity index (χ1v) is 6.76. The molecule has 16 heavy (non-hydrogen) atoms. The summed E-state index contributed by atoms with van der Waals surface area (Å²) in [5, 5.41) is 9.68. The van der Waals surface area contributed by atoms with Crippen LogP contribution in [0.25, 0.3) is 0 Å². The Morgan fingerprint density at radius 1 is 1.00 bits per heavy atom. The van der Waals surface area contributed by atoms with Crippen LogP contribution in [0.2, 0.25) is 0 Å². The molecular weight excluding hydrogens is 202 g/mol. The van der Waals surface area contributed by atoms with Crippen molar-refractivity contribution in [3.8, 4) is 0 Å². The molecule has 1 N–H and O–H groups in total. The molecule has 1 aliphatic heterocycles. The Labute approximate surface area is 98.8 Å². The second-order valence-corrected chi connectivity index (χ2v) is 5.46. The highest BCUT2D eigenvalue weighted by Crippen LogP contribution is 2.36. The minimum absolute atomic E-state index is 0.197. The summed E-state index contributed by atoms with van der Waals surface area (Å²) in [6, 6.07) is 0. The van der Waals surface area contributed by atoms with Gasteiger partial charge in [-0.25, -0.2) is 0 Å². The molecule has 0 aromatic carbocycles. The standard InChI is InChI=1S/C13H25NO2/c15-12-13(5-2-1-3-6-13)11-14-7-4-9-16-10-8-14/h15H,1-12H2. The van der Waals surface area contributed by atoms with Crippen molar-refractivity contribution in [1.29, 1.82) is 0 Å². The number of nitrogens with zero attached hydrogens (tertiary/aromatic N) is 1. The van der Waals surface area contributed by atoms with Gasteiger partial charge in [-0.05, 0) is 19.3 Å². The van der Waals surface area contributed by atoms with Crippen LogP contribution in [0, 0.1) is 5.41 Å². The molecule has 0 atom stereocenters. The third kappa shape index (κ3) is 3.19. The van der Waals surface area contributed by atoms with Crippen LogP contribution >= 0.6 is 0 Å². The molecular formula is C13H25NO2. The average molecular weight is 227 g/mol. The lowest BCUT2D eigenvalue weighted by molar-refractivity contribution is 0.0390. The Kier molecular flexibility index (Phi) is 4.62. The van der Waals surface area contributed by atoms with Crippen LogP contribution < -0.4 is 0 Å². The fourth-order valence-electron chi connectivity index (χ4n) is 3.10. The van der Waals surface area contributed by atoms with Crippen LogP contribution in [0.5, 0.6) is 0 Å². The molecule has 0 radical (unpaired) electrons. The van der Waals surface area contributed by atoms with Gasteiger partial charge >= 0.3 is 0 Å². The van der Waals surface area contributed by atoms with Crippen LogP contribution in [0.1, 0.15) is 38.5 Å². The first-order valence-electron chi connectivity index (χ1n) is 6.76. The lowest BCUT2D eigenvalue weighted by Gasteiger charge is -2.39. The van der Waals surface area contributed by atoms with Crippen molar-refractivity contribution in [2.45, 2.75) is 38.5 Å². The van der Waals surface area contributed by atoms with E-state index in [0.29, 0.717) is 6.61 Å². The van der Waals surface area contributed by atoms with E-state index in [2.05, 4.69) is 4.90 Å². The van der Waals surface area contributed by atoms with Gasteiger partial charge in [0.15, 0.2) is 0 Å². The summed E-state index contributed by atoms with van der Waals surface area (Å²) in [6.07, 6.45) is 7.50. The quantitative estimate of drug-likeness (QED) is 0.796. The average Bonchev–Trinajstić information content (AvgIpc) is 2.59. The van der Waals surface area contributed by atoms with Crippen LogP contribution in [0.15, 0.2) is 0 Å². The molecule has 3 nitrogen and oxygen atoms in total. The number of aliphatic hydroxyl groups is 1. The second kappa shape index (κ2) is 5.99. The normalized spacial score (nSPS) is 27.6. The third-order valence-electron chi connectivity index (χ3n) is 4.12. The van der Waals surface area contributed by atoms with Gasteiger partial charge in [0.1, 0.15) is 0 Å². The zero-order valence-corrected chi connectivity index (χ0v) is 10.3. The Hall–Kier alpha value is -0.120. The summed E-state index contributed by atoms with van der Waals surface area (Å²) in [5.74, 6) is 0. The van der Waals surface area contributed by atoms with Crippen molar-refractivity contribution in [2.24, 2.45) is 5.41 Å². The lowest BCUT2D eigenvalue weighted by Crippen LogP contribution is -2.42. The van der Waals surface area contributed by atoms with Crippen molar-refractivity contribution < 1.29 is 9.84 Å². The van der Waals surface area contributed by atoms with Gasteiger partial charge in [0.2, 0.25) is 0 Å². The zero-order valence-electron chi connectivity index (χ0n) is 10.3.